The van der Waals surface area contributed by atoms with Gasteiger partial charge >= 0.3 is 0 Å². The highest BCUT2D eigenvalue weighted by Gasteiger charge is 2.26. The van der Waals surface area contributed by atoms with Crippen LogP contribution in [0, 0.1) is 0 Å². The lowest BCUT2D eigenvalue weighted by atomic mass is 9.90. The first-order valence-corrected chi connectivity index (χ1v) is 10.9. The van der Waals surface area contributed by atoms with Crippen molar-refractivity contribution >= 4 is 22.7 Å². The average Bonchev–Trinajstić information content (AvgIpc) is 3.24. The Morgan fingerprint density at radius 3 is 2.25 bits per heavy atom. The molecule has 0 radical (unpaired) electrons. The molecule has 0 aliphatic carbocycles. The number of hydrogen-bond donors (Lipinski definition) is 3. The standard InChI is InChI=1S/C27H27N3O2/c28-26(31)17-25(23-18-29-24-14-8-7-13-22(23)24)30-27(32)21(20-11-5-2-6-12-20)16-15-19-9-3-1-4-10-19/h1-14,18,21,25,29H,15-17H2,(H2,28,31)(H,30,32)/t21-,25?/m1/s1. The minimum absolute atomic E-state index is 0.0355. The van der Waals surface area contributed by atoms with Crippen LogP contribution in [0.3, 0.4) is 0 Å². The van der Waals surface area contributed by atoms with Crippen molar-refractivity contribution in [2.45, 2.75) is 31.2 Å². The lowest BCUT2D eigenvalue weighted by molar-refractivity contribution is -0.124. The van der Waals surface area contributed by atoms with E-state index in [1.807, 2.05) is 79.0 Å². The van der Waals surface area contributed by atoms with Gasteiger partial charge in [0.1, 0.15) is 0 Å². The normalized spacial score (nSPS) is 12.9. The summed E-state index contributed by atoms with van der Waals surface area (Å²) < 4.78 is 0. The van der Waals surface area contributed by atoms with E-state index in [4.69, 9.17) is 5.73 Å². The van der Waals surface area contributed by atoms with Gasteiger partial charge in [-0.25, -0.2) is 0 Å². The molecule has 1 unspecified atom stereocenters. The summed E-state index contributed by atoms with van der Waals surface area (Å²) in [5.41, 5.74) is 9.50. The number of aromatic amines is 1. The number of rotatable bonds is 9. The number of nitrogens with one attached hydrogen (secondary N) is 2. The van der Waals surface area contributed by atoms with Crippen molar-refractivity contribution < 1.29 is 9.59 Å². The van der Waals surface area contributed by atoms with Crippen LogP contribution in [0.5, 0.6) is 0 Å². The number of H-pyrrole nitrogens is 1. The Morgan fingerprint density at radius 1 is 0.875 bits per heavy atom. The van der Waals surface area contributed by atoms with Gasteiger partial charge in [-0.3, -0.25) is 9.59 Å². The third-order valence-corrected chi connectivity index (χ3v) is 5.80. The highest BCUT2D eigenvalue weighted by atomic mass is 16.2. The smallest absolute Gasteiger partial charge is 0.228 e. The molecule has 0 aliphatic heterocycles. The Kier molecular flexibility index (Phi) is 6.66. The molecular formula is C27H27N3O2. The van der Waals surface area contributed by atoms with E-state index in [0.29, 0.717) is 6.42 Å². The van der Waals surface area contributed by atoms with E-state index in [1.165, 1.54) is 5.56 Å². The van der Waals surface area contributed by atoms with Crippen molar-refractivity contribution in [2.24, 2.45) is 5.73 Å². The lowest BCUT2D eigenvalue weighted by Crippen LogP contribution is -2.35. The Hall–Kier alpha value is -3.86. The average molecular weight is 426 g/mol. The highest BCUT2D eigenvalue weighted by Crippen LogP contribution is 2.28. The fourth-order valence-corrected chi connectivity index (χ4v) is 4.18. The summed E-state index contributed by atoms with van der Waals surface area (Å²) in [6.07, 6.45) is 3.33. The Labute approximate surface area is 187 Å². The SMILES string of the molecule is NC(=O)CC(NC(=O)[C@H](CCc1ccccc1)c1ccccc1)c1c[nH]c2ccccc12. The van der Waals surface area contributed by atoms with Crippen LogP contribution in [0.15, 0.2) is 91.1 Å². The van der Waals surface area contributed by atoms with Gasteiger partial charge in [-0.2, -0.15) is 0 Å². The zero-order chi connectivity index (χ0) is 22.3. The molecule has 0 saturated carbocycles. The largest absolute Gasteiger partial charge is 0.370 e. The fraction of sp³-hybridized carbons (Fsp3) is 0.185. The molecule has 4 aromatic rings. The third-order valence-electron chi connectivity index (χ3n) is 5.80. The lowest BCUT2D eigenvalue weighted by Gasteiger charge is -2.22. The van der Waals surface area contributed by atoms with Crippen molar-refractivity contribution in [1.82, 2.24) is 10.3 Å². The number of nitrogens with two attached hydrogens (primary N) is 1. The van der Waals surface area contributed by atoms with Crippen LogP contribution >= 0.6 is 0 Å². The first kappa shape index (κ1) is 21.4. The monoisotopic (exact) mass is 425 g/mol. The summed E-state index contributed by atoms with van der Waals surface area (Å²) in [7, 11) is 0. The molecule has 5 nitrogen and oxygen atoms in total. The second-order valence-corrected chi connectivity index (χ2v) is 8.01. The van der Waals surface area contributed by atoms with Crippen LogP contribution in [-0.4, -0.2) is 16.8 Å². The molecule has 1 aromatic heterocycles. The maximum atomic E-state index is 13.5. The van der Waals surface area contributed by atoms with Crippen LogP contribution < -0.4 is 11.1 Å². The van der Waals surface area contributed by atoms with Crippen molar-refractivity contribution in [2.75, 3.05) is 0 Å². The van der Waals surface area contributed by atoms with E-state index in [9.17, 15) is 9.59 Å². The molecule has 4 N–H and O–H groups in total. The van der Waals surface area contributed by atoms with Crippen LogP contribution in [0.1, 0.15) is 41.5 Å². The zero-order valence-corrected chi connectivity index (χ0v) is 17.8. The molecule has 0 fully saturated rings. The number of aromatic nitrogens is 1. The van der Waals surface area contributed by atoms with Crippen molar-refractivity contribution in [1.29, 1.82) is 0 Å². The van der Waals surface area contributed by atoms with Crippen molar-refractivity contribution in [3.05, 3.63) is 108 Å². The van der Waals surface area contributed by atoms with Gasteiger partial charge in [-0.1, -0.05) is 78.9 Å². The fourth-order valence-electron chi connectivity index (χ4n) is 4.18. The third kappa shape index (κ3) is 5.06. The zero-order valence-electron chi connectivity index (χ0n) is 17.8. The predicted octanol–water partition coefficient (Wildman–Crippen LogP) is 4.62. The summed E-state index contributed by atoms with van der Waals surface area (Å²) in [6.45, 7) is 0. The molecule has 162 valence electrons. The molecule has 2 atom stereocenters. The van der Waals surface area contributed by atoms with Crippen LogP contribution in [-0.2, 0) is 16.0 Å². The number of carbonyl (C=O) groups is 2. The van der Waals surface area contributed by atoms with E-state index in [1.54, 1.807) is 0 Å². The first-order chi connectivity index (χ1) is 15.6. The van der Waals surface area contributed by atoms with Crippen molar-refractivity contribution in [3.8, 4) is 0 Å². The minimum Gasteiger partial charge on any atom is -0.370 e. The first-order valence-electron chi connectivity index (χ1n) is 10.9. The number of hydrogen-bond acceptors (Lipinski definition) is 2. The van der Waals surface area contributed by atoms with E-state index in [2.05, 4.69) is 22.4 Å². The van der Waals surface area contributed by atoms with Gasteiger partial charge < -0.3 is 16.0 Å². The highest BCUT2D eigenvalue weighted by molar-refractivity contribution is 5.88. The van der Waals surface area contributed by atoms with E-state index < -0.39 is 11.9 Å². The van der Waals surface area contributed by atoms with E-state index >= 15 is 0 Å². The van der Waals surface area contributed by atoms with Gasteiger partial charge in [0.15, 0.2) is 0 Å². The molecule has 3 aromatic carbocycles. The number of benzene rings is 3. The van der Waals surface area contributed by atoms with E-state index in [-0.39, 0.29) is 18.2 Å². The van der Waals surface area contributed by atoms with Gasteiger partial charge in [0.25, 0.3) is 0 Å². The Bertz CT molecular complexity index is 1190. The molecule has 4 rings (SSSR count). The second-order valence-electron chi connectivity index (χ2n) is 8.01. The van der Waals surface area contributed by atoms with Gasteiger partial charge in [0.2, 0.25) is 11.8 Å². The van der Waals surface area contributed by atoms with Crippen LogP contribution in [0.25, 0.3) is 10.9 Å². The van der Waals surface area contributed by atoms with Gasteiger partial charge in [-0.15, -0.1) is 0 Å². The molecule has 0 bridgehead atoms. The molecular weight excluding hydrogens is 398 g/mol. The summed E-state index contributed by atoms with van der Waals surface area (Å²) >= 11 is 0. The molecule has 32 heavy (non-hydrogen) atoms. The number of primary amides is 1. The molecule has 0 aliphatic rings. The predicted molar refractivity (Wildman–Crippen MR) is 127 cm³/mol. The number of amides is 2. The van der Waals surface area contributed by atoms with Gasteiger partial charge in [-0.05, 0) is 30.0 Å². The van der Waals surface area contributed by atoms with Gasteiger partial charge in [0, 0.05) is 22.7 Å². The summed E-state index contributed by atoms with van der Waals surface area (Å²) in [5.74, 6) is -0.901. The maximum absolute atomic E-state index is 13.5. The summed E-state index contributed by atoms with van der Waals surface area (Å²) in [4.78, 5) is 28.6. The molecule has 5 heteroatoms. The molecule has 0 spiro atoms. The number of para-hydroxylation sites is 1. The van der Waals surface area contributed by atoms with Crippen LogP contribution in [0.2, 0.25) is 0 Å². The molecule has 1 heterocycles. The second kappa shape index (κ2) is 9.96. The quantitative estimate of drug-likeness (QED) is 0.365. The minimum atomic E-state index is -0.501. The van der Waals surface area contributed by atoms with Crippen molar-refractivity contribution in [3.63, 3.8) is 0 Å². The Morgan fingerprint density at radius 2 is 1.53 bits per heavy atom. The summed E-state index contributed by atoms with van der Waals surface area (Å²) in [5, 5.41) is 4.09. The number of fused-ring (bicyclic) bond motifs is 1. The topological polar surface area (TPSA) is 88.0 Å². The maximum Gasteiger partial charge on any atom is 0.228 e. The molecule has 0 saturated heterocycles. The van der Waals surface area contributed by atoms with Gasteiger partial charge in [0.05, 0.1) is 18.4 Å². The molecule has 2 amide bonds. The number of aryl methyl sites for hydroxylation is 1. The number of carbonyl (C=O) groups excluding carboxylic acids is 2. The van der Waals surface area contributed by atoms with E-state index in [0.717, 1.165) is 28.5 Å². The summed E-state index contributed by atoms with van der Waals surface area (Å²) in [6, 6.07) is 27.3. The van der Waals surface area contributed by atoms with Crippen LogP contribution in [0.4, 0.5) is 0 Å². The Balaban J connectivity index is 1.60.